The molecule has 4 aromatic carbocycles. The van der Waals surface area contributed by atoms with Gasteiger partial charge in [-0.15, -0.1) is 12.1 Å². The summed E-state index contributed by atoms with van der Waals surface area (Å²) in [4.78, 5) is 0. The first-order valence-corrected chi connectivity index (χ1v) is 10.4. The summed E-state index contributed by atoms with van der Waals surface area (Å²) < 4.78 is 4.86. The van der Waals surface area contributed by atoms with Crippen molar-refractivity contribution < 1.29 is 27.1 Å². The molecule has 0 aliphatic carbocycles. The summed E-state index contributed by atoms with van der Waals surface area (Å²) in [6, 6.07) is 42.9. The molecule has 0 aliphatic heterocycles. The maximum absolute atomic E-state index is 4.86. The van der Waals surface area contributed by atoms with Gasteiger partial charge in [0.15, 0.2) is 0 Å². The number of hydrogen-bond donors (Lipinski definition) is 0. The van der Waals surface area contributed by atoms with Crippen molar-refractivity contribution in [1.82, 2.24) is 0 Å². The van der Waals surface area contributed by atoms with Crippen LogP contribution in [0.25, 0.3) is 0 Å². The molecule has 0 radical (unpaired) electrons. The molecule has 0 N–H and O–H groups in total. The van der Waals surface area contributed by atoms with E-state index in [0.717, 1.165) is 5.75 Å². The molecule has 3 heteroatoms. The van der Waals surface area contributed by atoms with E-state index in [1.165, 1.54) is 15.9 Å². The first-order valence-electron chi connectivity index (χ1n) is 8.92. The minimum atomic E-state index is -0.877. The van der Waals surface area contributed by atoms with Crippen LogP contribution >= 0.6 is 7.92 Å². The van der Waals surface area contributed by atoms with E-state index >= 15 is 0 Å². The molecular weight excluding hydrogens is 544 g/mol. The molecule has 0 aliphatic rings. The van der Waals surface area contributed by atoms with Gasteiger partial charge in [-0.05, 0) is 36.4 Å². The van der Waals surface area contributed by atoms with E-state index < -0.39 is 7.92 Å². The van der Waals surface area contributed by atoms with Crippen molar-refractivity contribution in [2.75, 3.05) is 7.11 Å². The zero-order valence-electron chi connectivity index (χ0n) is 15.7. The van der Waals surface area contributed by atoms with E-state index in [1.54, 1.807) is 7.11 Å². The Bertz CT molecular complexity index is 806. The molecule has 0 bridgehead atoms. The standard InChI is InChI=1S/C18H15P.C7H7O.Au/c1-4-10-16(11-5-1)19(17-12-6-2-7-13-17)18-14-8-3-9-15-18;1-8-7-5-3-2-4-6-7;/h1-15H;2-5H,1H3;/q;-1;+1/p+1. The van der Waals surface area contributed by atoms with Gasteiger partial charge in [0, 0.05) is 5.75 Å². The predicted molar refractivity (Wildman–Crippen MR) is 118 cm³/mol. The van der Waals surface area contributed by atoms with E-state index in [9.17, 15) is 0 Å². The average molecular weight is 567 g/mol. The summed E-state index contributed by atoms with van der Waals surface area (Å²) in [6.07, 6.45) is 0. The molecule has 0 spiro atoms. The van der Waals surface area contributed by atoms with Crippen LogP contribution in [0, 0.1) is 6.07 Å². The molecule has 0 fully saturated rings. The predicted octanol–water partition coefficient (Wildman–Crippen LogP) is 4.67. The van der Waals surface area contributed by atoms with Crippen LogP contribution in [0.15, 0.2) is 115 Å². The van der Waals surface area contributed by atoms with E-state index in [2.05, 4.69) is 97.1 Å². The van der Waals surface area contributed by atoms with Crippen LogP contribution in [0.1, 0.15) is 0 Å². The molecule has 4 aromatic rings. The van der Waals surface area contributed by atoms with Gasteiger partial charge in [0.25, 0.3) is 0 Å². The molecule has 144 valence electrons. The van der Waals surface area contributed by atoms with E-state index in [0.29, 0.717) is 0 Å². The van der Waals surface area contributed by atoms with Gasteiger partial charge >= 0.3 is 22.4 Å². The minimum absolute atomic E-state index is 0. The largest absolute Gasteiger partial charge is 1.00 e. The fraction of sp³-hybridized carbons (Fsp3) is 0.0400. The van der Waals surface area contributed by atoms with Crippen LogP contribution in [0.5, 0.6) is 5.75 Å². The van der Waals surface area contributed by atoms with Gasteiger partial charge in [-0.1, -0.05) is 54.6 Å². The quantitative estimate of drug-likeness (QED) is 0.198. The normalized spacial score (nSPS) is 9.64. The third-order valence-electron chi connectivity index (χ3n) is 4.09. The third kappa shape index (κ3) is 6.48. The Kier molecular flexibility index (Phi) is 9.76. The zero-order chi connectivity index (χ0) is 18.7. The van der Waals surface area contributed by atoms with Gasteiger partial charge in [0.1, 0.15) is 15.9 Å². The molecule has 0 aromatic heterocycles. The van der Waals surface area contributed by atoms with Crippen LogP contribution in [0.2, 0.25) is 0 Å². The number of ether oxygens (including phenoxy) is 1. The van der Waals surface area contributed by atoms with Gasteiger partial charge in [-0.3, -0.25) is 0 Å². The number of rotatable bonds is 4. The maximum Gasteiger partial charge on any atom is 1.00 e. The summed E-state index contributed by atoms with van der Waals surface area (Å²) in [5, 5.41) is 4.31. The van der Waals surface area contributed by atoms with Crippen LogP contribution < -0.4 is 20.7 Å². The van der Waals surface area contributed by atoms with Gasteiger partial charge < -0.3 is 4.74 Å². The molecule has 0 atom stereocenters. The van der Waals surface area contributed by atoms with Crippen molar-refractivity contribution in [3.05, 3.63) is 121 Å². The Morgan fingerprint density at radius 1 is 0.571 bits per heavy atom. The molecule has 0 unspecified atom stereocenters. The Labute approximate surface area is 184 Å². The minimum Gasteiger partial charge on any atom is -0.523 e. The van der Waals surface area contributed by atoms with Gasteiger partial charge in [0.05, 0.1) is 15.0 Å². The molecule has 0 heterocycles. The van der Waals surface area contributed by atoms with E-state index in [-0.39, 0.29) is 22.4 Å². The Hall–Kier alpha value is -2.15. The van der Waals surface area contributed by atoms with Crippen molar-refractivity contribution in [2.45, 2.75) is 0 Å². The number of para-hydroxylation sites is 1. The van der Waals surface area contributed by atoms with Crippen LogP contribution in [0.4, 0.5) is 0 Å². The van der Waals surface area contributed by atoms with E-state index in [1.807, 2.05) is 24.3 Å². The van der Waals surface area contributed by atoms with Gasteiger partial charge in [0.2, 0.25) is 0 Å². The first kappa shape index (κ1) is 22.1. The Morgan fingerprint density at radius 3 is 1.25 bits per heavy atom. The second-order valence-electron chi connectivity index (χ2n) is 5.90. The number of hydrogen-bond acceptors (Lipinski definition) is 1. The SMILES string of the molecule is COc1[c-]cccc1.[Au+].c1ccc([PH+](c2ccccc2)c2ccccc2)cc1. The second kappa shape index (κ2) is 12.3. The summed E-state index contributed by atoms with van der Waals surface area (Å²) in [5.74, 6) is 0.785. The number of methoxy groups -OCH3 is 1. The summed E-state index contributed by atoms with van der Waals surface area (Å²) in [7, 11) is 0.753. The first-order chi connectivity index (χ1) is 13.4. The van der Waals surface area contributed by atoms with Crippen LogP contribution in [0.3, 0.4) is 0 Å². The molecule has 0 saturated carbocycles. The molecular formula is C25H23AuOP+. The monoisotopic (exact) mass is 567 g/mol. The van der Waals surface area contributed by atoms with Crippen molar-refractivity contribution >= 4 is 23.8 Å². The summed E-state index contributed by atoms with van der Waals surface area (Å²) >= 11 is 0. The van der Waals surface area contributed by atoms with Crippen molar-refractivity contribution in [2.24, 2.45) is 0 Å². The molecule has 0 amide bonds. The fourth-order valence-corrected chi connectivity index (χ4v) is 5.40. The zero-order valence-corrected chi connectivity index (χ0v) is 18.8. The van der Waals surface area contributed by atoms with E-state index in [4.69, 9.17) is 4.74 Å². The average Bonchev–Trinajstić information content (AvgIpc) is 2.77. The van der Waals surface area contributed by atoms with Gasteiger partial charge in [-0.25, -0.2) is 0 Å². The fourth-order valence-electron chi connectivity index (χ4n) is 2.82. The molecule has 4 rings (SSSR count). The van der Waals surface area contributed by atoms with Crippen LogP contribution in [-0.4, -0.2) is 7.11 Å². The van der Waals surface area contributed by atoms with Crippen molar-refractivity contribution in [3.63, 3.8) is 0 Å². The molecule has 1 nitrogen and oxygen atoms in total. The smallest absolute Gasteiger partial charge is 0.523 e. The number of benzene rings is 4. The Balaban J connectivity index is 0.000000264. The molecule has 28 heavy (non-hydrogen) atoms. The topological polar surface area (TPSA) is 9.23 Å². The summed E-state index contributed by atoms with van der Waals surface area (Å²) in [5.41, 5.74) is 0. The Morgan fingerprint density at radius 2 is 0.964 bits per heavy atom. The molecule has 0 saturated heterocycles. The van der Waals surface area contributed by atoms with Gasteiger partial charge in [-0.2, -0.15) is 18.2 Å². The van der Waals surface area contributed by atoms with Crippen molar-refractivity contribution in [1.29, 1.82) is 0 Å². The van der Waals surface area contributed by atoms with Crippen LogP contribution in [-0.2, 0) is 22.4 Å². The second-order valence-corrected chi connectivity index (χ2v) is 8.39. The van der Waals surface area contributed by atoms with Crippen molar-refractivity contribution in [3.8, 4) is 5.75 Å². The summed E-state index contributed by atoms with van der Waals surface area (Å²) in [6.45, 7) is 0. The maximum atomic E-state index is 4.86. The third-order valence-corrected chi connectivity index (χ3v) is 6.82.